The highest BCUT2D eigenvalue weighted by molar-refractivity contribution is 5.78. The Hall–Kier alpha value is -0.850. The summed E-state index contributed by atoms with van der Waals surface area (Å²) in [5.74, 6) is 0.403. The van der Waals surface area contributed by atoms with Crippen molar-refractivity contribution in [3.63, 3.8) is 0 Å². The zero-order valence-corrected chi connectivity index (χ0v) is 12.7. The Kier molecular flexibility index (Phi) is 10.7. The predicted octanol–water partition coefficient (Wildman–Crippen LogP) is 5.61. The zero-order chi connectivity index (χ0) is 13.8. The van der Waals surface area contributed by atoms with Gasteiger partial charge in [-0.15, -0.1) is 0 Å². The normalized spacial score (nSPS) is 11.4. The summed E-state index contributed by atoms with van der Waals surface area (Å²) in [6.07, 6.45) is 12.6. The molecule has 0 atom stereocenters. The molecule has 0 amide bonds. The molecule has 0 aromatic heterocycles. The number of hydrogen-bond donors (Lipinski definition) is 0. The van der Waals surface area contributed by atoms with Gasteiger partial charge in [0, 0.05) is 12.8 Å². The van der Waals surface area contributed by atoms with Crippen LogP contribution in [-0.4, -0.2) is 5.78 Å². The van der Waals surface area contributed by atoms with E-state index in [1.807, 2.05) is 0 Å². The van der Waals surface area contributed by atoms with E-state index in [-0.39, 0.29) is 0 Å². The number of ketones is 1. The van der Waals surface area contributed by atoms with E-state index in [9.17, 15) is 4.79 Å². The molecule has 0 saturated carbocycles. The van der Waals surface area contributed by atoms with Crippen molar-refractivity contribution in [2.45, 2.75) is 79.1 Å². The molecule has 0 saturated heterocycles. The molecule has 0 aromatic rings. The van der Waals surface area contributed by atoms with Gasteiger partial charge >= 0.3 is 0 Å². The summed E-state index contributed by atoms with van der Waals surface area (Å²) in [5, 5.41) is 0. The molecule has 0 fully saturated rings. The van der Waals surface area contributed by atoms with Crippen molar-refractivity contribution in [1.29, 1.82) is 0 Å². The van der Waals surface area contributed by atoms with Gasteiger partial charge in [-0.05, 0) is 45.4 Å². The molecule has 0 unspecified atom stereocenters. The van der Waals surface area contributed by atoms with Crippen LogP contribution in [0.3, 0.4) is 0 Å². The van der Waals surface area contributed by atoms with Gasteiger partial charge < -0.3 is 0 Å². The van der Waals surface area contributed by atoms with Gasteiger partial charge in [-0.1, -0.05) is 44.1 Å². The average Bonchev–Trinajstić information content (AvgIpc) is 2.35. The summed E-state index contributed by atoms with van der Waals surface area (Å²) >= 11 is 0. The Morgan fingerprint density at radius 3 is 2.06 bits per heavy atom. The van der Waals surface area contributed by atoms with Gasteiger partial charge in [-0.3, -0.25) is 4.79 Å². The molecule has 0 aliphatic carbocycles. The molecule has 0 aliphatic heterocycles. The number of carbonyl (C=O) groups is 1. The SMILES string of the molecule is CCCC(=O)CCC=C(C)CCC=C(CC)CC. The van der Waals surface area contributed by atoms with E-state index in [0.717, 1.165) is 38.5 Å². The maximum atomic E-state index is 11.4. The second kappa shape index (κ2) is 11.3. The second-order valence-electron chi connectivity index (χ2n) is 4.99. The Balaban J connectivity index is 3.84. The third-order valence-electron chi connectivity index (χ3n) is 3.32. The molecule has 1 nitrogen and oxygen atoms in total. The monoisotopic (exact) mass is 250 g/mol. The van der Waals surface area contributed by atoms with Crippen LogP contribution in [0.5, 0.6) is 0 Å². The van der Waals surface area contributed by atoms with E-state index >= 15 is 0 Å². The highest BCUT2D eigenvalue weighted by atomic mass is 16.1. The summed E-state index contributed by atoms with van der Waals surface area (Å²) in [6.45, 7) is 8.68. The lowest BCUT2D eigenvalue weighted by molar-refractivity contribution is -0.119. The smallest absolute Gasteiger partial charge is 0.133 e. The van der Waals surface area contributed by atoms with Crippen LogP contribution in [0, 0.1) is 0 Å². The van der Waals surface area contributed by atoms with E-state index in [0.29, 0.717) is 5.78 Å². The Morgan fingerprint density at radius 1 is 0.889 bits per heavy atom. The van der Waals surface area contributed by atoms with Crippen LogP contribution in [0.25, 0.3) is 0 Å². The minimum atomic E-state index is 0.403. The van der Waals surface area contributed by atoms with Gasteiger partial charge in [0.2, 0.25) is 0 Å². The number of hydrogen-bond acceptors (Lipinski definition) is 1. The van der Waals surface area contributed by atoms with Gasteiger partial charge in [0.25, 0.3) is 0 Å². The van der Waals surface area contributed by atoms with E-state index in [4.69, 9.17) is 0 Å². The van der Waals surface area contributed by atoms with Crippen LogP contribution >= 0.6 is 0 Å². The first-order valence-corrected chi connectivity index (χ1v) is 7.49. The first-order valence-electron chi connectivity index (χ1n) is 7.49. The van der Waals surface area contributed by atoms with Crippen molar-refractivity contribution in [3.05, 3.63) is 23.3 Å². The Labute approximate surface area is 113 Å². The van der Waals surface area contributed by atoms with Gasteiger partial charge in [0.1, 0.15) is 5.78 Å². The Morgan fingerprint density at radius 2 is 1.50 bits per heavy atom. The standard InChI is InChI=1S/C17H30O/c1-5-10-17(18)14-9-12-15(4)11-8-13-16(6-2)7-3/h12-13H,5-11,14H2,1-4H3. The van der Waals surface area contributed by atoms with Crippen molar-refractivity contribution in [2.75, 3.05) is 0 Å². The van der Waals surface area contributed by atoms with E-state index < -0.39 is 0 Å². The summed E-state index contributed by atoms with van der Waals surface area (Å²) in [5.41, 5.74) is 2.98. The summed E-state index contributed by atoms with van der Waals surface area (Å²) in [7, 11) is 0. The first kappa shape index (κ1) is 17.2. The molecule has 0 heterocycles. The molecular formula is C17H30O. The molecule has 1 heteroatoms. The molecule has 0 spiro atoms. The first-order chi connectivity index (χ1) is 8.63. The Bertz CT molecular complexity index is 278. The molecule has 0 aromatic carbocycles. The van der Waals surface area contributed by atoms with Crippen LogP contribution in [0.1, 0.15) is 79.1 Å². The summed E-state index contributed by atoms with van der Waals surface area (Å²) < 4.78 is 0. The number of allylic oxidation sites excluding steroid dienone is 4. The minimum absolute atomic E-state index is 0.403. The maximum absolute atomic E-state index is 11.4. The van der Waals surface area contributed by atoms with Gasteiger partial charge in [-0.25, -0.2) is 0 Å². The third-order valence-corrected chi connectivity index (χ3v) is 3.32. The average molecular weight is 250 g/mol. The fourth-order valence-corrected chi connectivity index (χ4v) is 2.03. The highest BCUT2D eigenvalue weighted by Gasteiger charge is 1.98. The van der Waals surface area contributed by atoms with E-state index in [1.54, 1.807) is 5.57 Å². The van der Waals surface area contributed by atoms with Gasteiger partial charge in [0.05, 0.1) is 0 Å². The molecule has 104 valence electrons. The molecule has 18 heavy (non-hydrogen) atoms. The molecule has 0 radical (unpaired) electrons. The van der Waals surface area contributed by atoms with Crippen LogP contribution in [0.15, 0.2) is 23.3 Å². The van der Waals surface area contributed by atoms with E-state index in [1.165, 1.54) is 18.4 Å². The molecule has 0 aliphatic rings. The summed E-state index contributed by atoms with van der Waals surface area (Å²) in [4.78, 5) is 11.4. The highest BCUT2D eigenvalue weighted by Crippen LogP contribution is 2.12. The van der Waals surface area contributed by atoms with Crippen molar-refractivity contribution in [2.24, 2.45) is 0 Å². The van der Waals surface area contributed by atoms with Crippen LogP contribution in [0.2, 0.25) is 0 Å². The molecular weight excluding hydrogens is 220 g/mol. The van der Waals surface area contributed by atoms with Gasteiger partial charge in [-0.2, -0.15) is 0 Å². The van der Waals surface area contributed by atoms with Crippen molar-refractivity contribution >= 4 is 5.78 Å². The lowest BCUT2D eigenvalue weighted by Gasteiger charge is -2.02. The fourth-order valence-electron chi connectivity index (χ4n) is 2.03. The lowest BCUT2D eigenvalue weighted by Crippen LogP contribution is -1.95. The number of Topliss-reactive ketones (excluding diaryl/α,β-unsaturated/α-hetero) is 1. The van der Waals surface area contributed by atoms with E-state index in [2.05, 4.69) is 39.8 Å². The summed E-state index contributed by atoms with van der Waals surface area (Å²) in [6, 6.07) is 0. The molecule has 0 bridgehead atoms. The fraction of sp³-hybridized carbons (Fsp3) is 0.706. The minimum Gasteiger partial charge on any atom is -0.300 e. The topological polar surface area (TPSA) is 17.1 Å². The molecule has 0 N–H and O–H groups in total. The molecule has 0 rings (SSSR count). The quantitative estimate of drug-likeness (QED) is 0.461. The van der Waals surface area contributed by atoms with Crippen molar-refractivity contribution in [3.8, 4) is 0 Å². The van der Waals surface area contributed by atoms with Crippen molar-refractivity contribution < 1.29 is 4.79 Å². The third kappa shape index (κ3) is 9.21. The van der Waals surface area contributed by atoms with Gasteiger partial charge in [0.15, 0.2) is 0 Å². The largest absolute Gasteiger partial charge is 0.300 e. The number of carbonyl (C=O) groups excluding carboxylic acids is 1. The number of rotatable bonds is 10. The van der Waals surface area contributed by atoms with Crippen LogP contribution < -0.4 is 0 Å². The second-order valence-corrected chi connectivity index (χ2v) is 4.99. The van der Waals surface area contributed by atoms with Crippen LogP contribution in [0.4, 0.5) is 0 Å². The predicted molar refractivity (Wildman–Crippen MR) is 80.8 cm³/mol. The maximum Gasteiger partial charge on any atom is 0.133 e. The lowest BCUT2D eigenvalue weighted by atomic mass is 10.0. The van der Waals surface area contributed by atoms with Crippen LogP contribution in [-0.2, 0) is 4.79 Å². The zero-order valence-electron chi connectivity index (χ0n) is 12.7. The van der Waals surface area contributed by atoms with Crippen molar-refractivity contribution in [1.82, 2.24) is 0 Å².